The molecule has 1 aliphatic rings. The fourth-order valence-electron chi connectivity index (χ4n) is 4.89. The summed E-state index contributed by atoms with van der Waals surface area (Å²) < 4.78 is 47.9. The Morgan fingerprint density at radius 1 is 1.11 bits per heavy atom. The smallest absolute Gasteiger partial charge is 0.417 e. The van der Waals surface area contributed by atoms with E-state index in [2.05, 4.69) is 6.07 Å². The van der Waals surface area contributed by atoms with Crippen LogP contribution in [0.25, 0.3) is 23.3 Å². The summed E-state index contributed by atoms with van der Waals surface area (Å²) in [6, 6.07) is 18.3. The molecule has 3 aromatic carbocycles. The average Bonchev–Trinajstić information content (AvgIpc) is 2.91. The predicted octanol–water partition coefficient (Wildman–Crippen LogP) is 6.86. The van der Waals surface area contributed by atoms with E-state index in [1.807, 2.05) is 30.3 Å². The van der Waals surface area contributed by atoms with E-state index in [4.69, 9.17) is 4.74 Å². The van der Waals surface area contributed by atoms with Crippen molar-refractivity contribution in [1.29, 1.82) is 5.26 Å². The quantitative estimate of drug-likeness (QED) is 0.345. The van der Waals surface area contributed by atoms with Gasteiger partial charge in [-0.15, -0.1) is 0 Å². The minimum atomic E-state index is -4.65. The van der Waals surface area contributed by atoms with Crippen molar-refractivity contribution in [3.8, 4) is 22.9 Å². The highest BCUT2D eigenvalue weighted by Gasteiger charge is 2.35. The minimum Gasteiger partial charge on any atom is -0.496 e. The highest BCUT2D eigenvalue weighted by atomic mass is 19.4. The van der Waals surface area contributed by atoms with E-state index >= 15 is 0 Å². The van der Waals surface area contributed by atoms with Gasteiger partial charge < -0.3 is 9.84 Å². The molecule has 1 atom stereocenters. The van der Waals surface area contributed by atoms with Gasteiger partial charge in [-0.1, -0.05) is 67.1 Å². The number of methoxy groups -OCH3 is 1. The van der Waals surface area contributed by atoms with Crippen molar-refractivity contribution < 1.29 is 27.8 Å². The molecule has 0 radical (unpaired) electrons. The number of likely N-dealkylation sites (tertiary alicyclic amines) is 1. The third-order valence-corrected chi connectivity index (χ3v) is 6.77. The third-order valence-electron chi connectivity index (χ3n) is 6.77. The molecule has 0 bridgehead atoms. The van der Waals surface area contributed by atoms with Crippen LogP contribution in [-0.2, 0) is 17.5 Å². The summed E-state index contributed by atoms with van der Waals surface area (Å²) in [6.07, 6.45) is 0.175. The minimum absolute atomic E-state index is 0.0327. The number of carbonyl (C=O) groups is 1. The van der Waals surface area contributed by atoms with Crippen molar-refractivity contribution in [2.75, 3.05) is 13.7 Å². The molecule has 0 spiro atoms. The van der Waals surface area contributed by atoms with E-state index < -0.39 is 23.8 Å². The second-order valence-electron chi connectivity index (χ2n) is 9.15. The molecule has 38 heavy (non-hydrogen) atoms. The lowest BCUT2D eigenvalue weighted by Gasteiger charge is -2.33. The Kier molecular flexibility index (Phi) is 8.18. The molecule has 8 heteroatoms. The van der Waals surface area contributed by atoms with Crippen molar-refractivity contribution in [1.82, 2.24) is 4.90 Å². The number of nitrogens with zero attached hydrogens (tertiary/aromatic N) is 2. The van der Waals surface area contributed by atoms with Gasteiger partial charge in [-0.05, 0) is 48.2 Å². The normalized spacial score (nSPS) is 16.3. The lowest BCUT2D eigenvalue weighted by Crippen LogP contribution is -2.44. The molecule has 1 fully saturated rings. The van der Waals surface area contributed by atoms with E-state index in [-0.39, 0.29) is 23.4 Å². The number of hydrogen-bond donors (Lipinski definition) is 1. The molecule has 0 saturated carbocycles. The van der Waals surface area contributed by atoms with Crippen molar-refractivity contribution in [2.45, 2.75) is 38.0 Å². The molecule has 0 amide bonds. The molecule has 3 aromatic rings. The molecule has 1 aliphatic heterocycles. The van der Waals surface area contributed by atoms with Crippen LogP contribution in [0.2, 0.25) is 0 Å². The molecule has 1 unspecified atom stereocenters. The zero-order chi connectivity index (χ0) is 27.3. The SMILES string of the molecule is COc1cc(C=Cc2cccc(-c3ccccc3)c2C#N)c(C(F)(F)F)cc1CN1CCCCC1C(=O)O. The number of carboxylic acid groups (broad SMARTS) is 1. The number of alkyl halides is 3. The summed E-state index contributed by atoms with van der Waals surface area (Å²) in [5, 5.41) is 19.4. The van der Waals surface area contributed by atoms with Crippen LogP contribution in [0.3, 0.4) is 0 Å². The van der Waals surface area contributed by atoms with E-state index in [0.29, 0.717) is 29.7 Å². The molecule has 0 aliphatic carbocycles. The summed E-state index contributed by atoms with van der Waals surface area (Å²) in [5.41, 5.74) is 1.67. The second kappa shape index (κ2) is 11.5. The highest BCUT2D eigenvalue weighted by molar-refractivity contribution is 5.81. The van der Waals surface area contributed by atoms with Crippen LogP contribution in [0.4, 0.5) is 13.2 Å². The Morgan fingerprint density at radius 3 is 2.50 bits per heavy atom. The summed E-state index contributed by atoms with van der Waals surface area (Å²) in [4.78, 5) is 13.4. The Balaban J connectivity index is 1.74. The van der Waals surface area contributed by atoms with E-state index in [0.717, 1.165) is 24.5 Å². The van der Waals surface area contributed by atoms with Crippen LogP contribution in [0.5, 0.6) is 5.75 Å². The van der Waals surface area contributed by atoms with Gasteiger partial charge in [-0.25, -0.2) is 0 Å². The lowest BCUT2D eigenvalue weighted by atomic mass is 9.94. The third kappa shape index (κ3) is 5.90. The first-order chi connectivity index (χ1) is 18.2. The Bertz CT molecular complexity index is 1380. The number of ether oxygens (including phenoxy) is 1. The molecule has 5 nitrogen and oxygen atoms in total. The lowest BCUT2D eigenvalue weighted by molar-refractivity contribution is -0.145. The number of rotatable bonds is 7. The summed E-state index contributed by atoms with van der Waals surface area (Å²) in [5.74, 6) is -0.740. The fourth-order valence-corrected chi connectivity index (χ4v) is 4.89. The van der Waals surface area contributed by atoms with Crippen molar-refractivity contribution in [3.05, 3.63) is 88.5 Å². The molecular weight excluding hydrogens is 493 g/mol. The fraction of sp³-hybridized carbons (Fsp3) is 0.267. The van der Waals surface area contributed by atoms with Crippen molar-refractivity contribution in [2.24, 2.45) is 0 Å². The van der Waals surface area contributed by atoms with Crippen LogP contribution in [0, 0.1) is 11.3 Å². The van der Waals surface area contributed by atoms with Gasteiger partial charge >= 0.3 is 12.1 Å². The van der Waals surface area contributed by atoms with Gasteiger partial charge in [0.05, 0.1) is 18.2 Å². The topological polar surface area (TPSA) is 73.6 Å². The maximum atomic E-state index is 14.2. The number of aliphatic carboxylic acids is 1. The van der Waals surface area contributed by atoms with Crippen molar-refractivity contribution >= 4 is 18.1 Å². The van der Waals surface area contributed by atoms with Gasteiger partial charge in [0.1, 0.15) is 17.9 Å². The first-order valence-electron chi connectivity index (χ1n) is 12.2. The maximum absolute atomic E-state index is 14.2. The largest absolute Gasteiger partial charge is 0.496 e. The maximum Gasteiger partial charge on any atom is 0.417 e. The number of piperidine rings is 1. The summed E-state index contributed by atoms with van der Waals surface area (Å²) in [7, 11) is 1.38. The monoisotopic (exact) mass is 520 g/mol. The summed E-state index contributed by atoms with van der Waals surface area (Å²) >= 11 is 0. The van der Waals surface area contributed by atoms with Crippen LogP contribution in [0.15, 0.2) is 60.7 Å². The van der Waals surface area contributed by atoms with Crippen LogP contribution < -0.4 is 4.74 Å². The second-order valence-corrected chi connectivity index (χ2v) is 9.15. The molecule has 1 saturated heterocycles. The Labute approximate surface area is 219 Å². The average molecular weight is 521 g/mol. The van der Waals surface area contributed by atoms with Gasteiger partial charge in [-0.3, -0.25) is 9.69 Å². The van der Waals surface area contributed by atoms with Gasteiger partial charge in [0.25, 0.3) is 0 Å². The zero-order valence-electron chi connectivity index (χ0n) is 20.8. The van der Waals surface area contributed by atoms with E-state index in [1.54, 1.807) is 23.1 Å². The van der Waals surface area contributed by atoms with Crippen LogP contribution in [-0.4, -0.2) is 35.7 Å². The molecule has 0 aromatic heterocycles. The number of carboxylic acids is 1. The van der Waals surface area contributed by atoms with Crippen LogP contribution >= 0.6 is 0 Å². The van der Waals surface area contributed by atoms with Gasteiger partial charge in [0.2, 0.25) is 0 Å². The van der Waals surface area contributed by atoms with Gasteiger partial charge in [0, 0.05) is 17.7 Å². The van der Waals surface area contributed by atoms with E-state index in [1.165, 1.54) is 25.3 Å². The Hall–Kier alpha value is -4.09. The first kappa shape index (κ1) is 27.0. The molecule has 4 rings (SSSR count). The Morgan fingerprint density at radius 2 is 1.84 bits per heavy atom. The first-order valence-corrected chi connectivity index (χ1v) is 12.2. The summed E-state index contributed by atoms with van der Waals surface area (Å²) in [6.45, 7) is 0.517. The predicted molar refractivity (Wildman–Crippen MR) is 139 cm³/mol. The molecule has 196 valence electrons. The van der Waals surface area contributed by atoms with Crippen molar-refractivity contribution in [3.63, 3.8) is 0 Å². The molecule has 1 N–H and O–H groups in total. The number of benzene rings is 3. The zero-order valence-corrected chi connectivity index (χ0v) is 20.8. The van der Waals surface area contributed by atoms with Crippen LogP contribution in [0.1, 0.15) is 47.1 Å². The number of halogens is 3. The highest BCUT2D eigenvalue weighted by Crippen LogP contribution is 2.38. The number of hydrogen-bond acceptors (Lipinski definition) is 4. The van der Waals surface area contributed by atoms with Gasteiger partial charge in [0.15, 0.2) is 0 Å². The number of nitriles is 1. The standard InChI is InChI=1S/C30H27F3N2O3/c1-38-28-17-22(14-13-21-10-7-11-24(25(21)18-34)20-8-3-2-4-9-20)26(30(31,32)33)16-23(28)19-35-15-6-5-12-27(35)29(36)37/h2-4,7-11,13-14,16-17,27H,5-6,12,15,19H2,1H3,(H,36,37). The van der Waals surface area contributed by atoms with Gasteiger partial charge in [-0.2, -0.15) is 18.4 Å². The molecule has 1 heterocycles. The molecular formula is C30H27F3N2O3. The van der Waals surface area contributed by atoms with E-state index in [9.17, 15) is 28.3 Å².